The lowest BCUT2D eigenvalue weighted by atomic mass is 9.44. The van der Waals surface area contributed by atoms with Gasteiger partial charge in [0.15, 0.2) is 23.7 Å². The first-order valence-electron chi connectivity index (χ1n) is 15.2. The summed E-state index contributed by atoms with van der Waals surface area (Å²) >= 11 is 0. The fourth-order valence-corrected chi connectivity index (χ4v) is 8.63. The monoisotopic (exact) mass is 607 g/mol. The Morgan fingerprint density at radius 1 is 1.16 bits per heavy atom. The minimum Gasteiger partial charge on any atom is -0.457 e. The van der Waals surface area contributed by atoms with Crippen LogP contribution in [0.5, 0.6) is 0 Å². The van der Waals surface area contributed by atoms with Crippen molar-refractivity contribution in [2.45, 2.75) is 103 Å². The third-order valence-corrected chi connectivity index (χ3v) is 10.7. The van der Waals surface area contributed by atoms with Crippen LogP contribution >= 0.6 is 0 Å². The smallest absolute Gasteiger partial charge is 0.306 e. The highest BCUT2D eigenvalue weighted by Gasteiger charge is 2.77. The van der Waals surface area contributed by atoms with Gasteiger partial charge >= 0.3 is 11.9 Å². The molecule has 0 bridgehead atoms. The summed E-state index contributed by atoms with van der Waals surface area (Å²) in [5, 5.41) is 21.0. The van der Waals surface area contributed by atoms with E-state index in [0.29, 0.717) is 31.3 Å². The first-order valence-corrected chi connectivity index (χ1v) is 15.2. The van der Waals surface area contributed by atoms with Crippen molar-refractivity contribution in [2.24, 2.45) is 28.6 Å². The van der Waals surface area contributed by atoms with Crippen molar-refractivity contribution in [1.82, 2.24) is 0 Å². The molecular formula is C31H42FNO10. The van der Waals surface area contributed by atoms with Crippen LogP contribution in [-0.2, 0) is 33.5 Å². The molecule has 11 nitrogen and oxygen atoms in total. The molecule has 43 heavy (non-hydrogen) atoms. The molecule has 4 rings (SSSR count). The number of ether oxygens (including phenoxy) is 2. The van der Waals surface area contributed by atoms with Gasteiger partial charge in [-0.1, -0.05) is 38.8 Å². The maximum atomic E-state index is 17.6. The molecule has 238 valence electrons. The molecule has 8 atom stereocenters. The Kier molecular flexibility index (Phi) is 9.21. The lowest BCUT2D eigenvalue weighted by Gasteiger charge is -2.62. The Bertz CT molecular complexity index is 1230. The number of fused-ring (bicyclic) bond motifs is 5. The fraction of sp³-hybridized carbons (Fsp3) is 0.742. The summed E-state index contributed by atoms with van der Waals surface area (Å²) in [6, 6.07) is 0. The van der Waals surface area contributed by atoms with E-state index < -0.39 is 75.4 Å². The molecule has 0 radical (unpaired) electrons. The molecule has 4 aliphatic rings. The quantitative estimate of drug-likeness (QED) is 0.148. The molecule has 0 aromatic carbocycles. The Morgan fingerprint density at radius 3 is 2.53 bits per heavy atom. The summed E-state index contributed by atoms with van der Waals surface area (Å²) in [5.41, 5.74) is -5.66. The minimum atomic E-state index is -2.12. The molecule has 3 fully saturated rings. The van der Waals surface area contributed by atoms with E-state index in [2.05, 4.69) is 4.84 Å². The number of allylic oxidation sites excluding steroid dienone is 4. The number of hydrogen-bond acceptors (Lipinski definition) is 10. The molecular weight excluding hydrogens is 565 g/mol. The zero-order chi connectivity index (χ0) is 31.8. The molecule has 0 saturated heterocycles. The van der Waals surface area contributed by atoms with E-state index in [1.54, 1.807) is 26.8 Å². The molecule has 0 aromatic rings. The second-order valence-electron chi connectivity index (χ2n) is 13.0. The second-order valence-corrected chi connectivity index (χ2v) is 13.0. The van der Waals surface area contributed by atoms with Gasteiger partial charge in [-0.25, -0.2) is 4.39 Å². The van der Waals surface area contributed by atoms with Gasteiger partial charge in [-0.15, -0.1) is 10.1 Å². The van der Waals surface area contributed by atoms with Crippen LogP contribution < -0.4 is 0 Å². The number of Topliss-reactive ketones (excluding diaryl/α,β-unsaturated/α-hetero) is 1. The molecule has 1 unspecified atom stereocenters. The Balaban J connectivity index is 1.66. The Labute approximate surface area is 250 Å². The highest BCUT2D eigenvalue weighted by molar-refractivity contribution is 6.01. The van der Waals surface area contributed by atoms with Gasteiger partial charge in [-0.05, 0) is 63.5 Å². The number of aliphatic hydroxyl groups is 1. The van der Waals surface area contributed by atoms with Crippen LogP contribution in [0.2, 0.25) is 0 Å². The van der Waals surface area contributed by atoms with E-state index in [1.807, 2.05) is 6.92 Å². The van der Waals surface area contributed by atoms with E-state index in [4.69, 9.17) is 9.47 Å². The molecule has 12 heteroatoms. The van der Waals surface area contributed by atoms with Gasteiger partial charge < -0.3 is 19.4 Å². The van der Waals surface area contributed by atoms with Gasteiger partial charge in [0.05, 0.1) is 12.7 Å². The van der Waals surface area contributed by atoms with Crippen LogP contribution in [0.1, 0.15) is 85.5 Å². The first kappa shape index (κ1) is 32.8. The Morgan fingerprint density at radius 2 is 1.86 bits per heavy atom. The number of rotatable bonds is 12. The zero-order valence-electron chi connectivity index (χ0n) is 25.3. The van der Waals surface area contributed by atoms with Crippen LogP contribution in [0.25, 0.3) is 0 Å². The van der Waals surface area contributed by atoms with E-state index in [-0.39, 0.29) is 38.1 Å². The third kappa shape index (κ3) is 5.29. The number of aliphatic hydroxyl groups excluding tert-OH is 1. The maximum Gasteiger partial charge on any atom is 0.306 e. The summed E-state index contributed by atoms with van der Waals surface area (Å²) in [6.45, 7) is 6.14. The van der Waals surface area contributed by atoms with Gasteiger partial charge in [0, 0.05) is 35.5 Å². The number of alkyl halides is 1. The normalized spacial score (nSPS) is 37.8. The zero-order valence-corrected chi connectivity index (χ0v) is 25.3. The summed E-state index contributed by atoms with van der Waals surface area (Å²) in [4.78, 5) is 66.3. The van der Waals surface area contributed by atoms with Crippen LogP contribution in [0.4, 0.5) is 4.39 Å². The predicted molar refractivity (Wildman–Crippen MR) is 149 cm³/mol. The molecule has 0 spiro atoms. The van der Waals surface area contributed by atoms with Crippen molar-refractivity contribution in [1.29, 1.82) is 0 Å². The number of esters is 2. The highest BCUT2D eigenvalue weighted by Crippen LogP contribution is 2.71. The number of halogens is 1. The number of carbonyl (C=O) groups excluding carboxylic acids is 4. The summed E-state index contributed by atoms with van der Waals surface area (Å²) in [6.07, 6.45) is 4.87. The number of unbranched alkanes of at least 4 members (excludes halogenated alkanes) is 1. The minimum absolute atomic E-state index is 0.00302. The topological polar surface area (TPSA) is 159 Å². The van der Waals surface area contributed by atoms with Gasteiger partial charge in [0.25, 0.3) is 5.09 Å². The van der Waals surface area contributed by atoms with Crippen LogP contribution in [0.15, 0.2) is 23.8 Å². The highest BCUT2D eigenvalue weighted by atomic mass is 19.1. The van der Waals surface area contributed by atoms with E-state index in [9.17, 15) is 34.4 Å². The van der Waals surface area contributed by atoms with Crippen molar-refractivity contribution < 1.29 is 48.1 Å². The second kappa shape index (κ2) is 12.1. The molecule has 0 heterocycles. The van der Waals surface area contributed by atoms with Crippen LogP contribution in [0, 0.1) is 38.7 Å². The molecule has 4 aliphatic carbocycles. The molecule has 0 amide bonds. The van der Waals surface area contributed by atoms with Crippen molar-refractivity contribution in [3.63, 3.8) is 0 Å². The van der Waals surface area contributed by atoms with Crippen molar-refractivity contribution >= 4 is 23.5 Å². The van der Waals surface area contributed by atoms with Crippen molar-refractivity contribution in [3.8, 4) is 0 Å². The average Bonchev–Trinajstić information content (AvgIpc) is 3.16. The number of carbonyl (C=O) groups is 4. The van der Waals surface area contributed by atoms with E-state index in [1.165, 1.54) is 12.2 Å². The predicted octanol–water partition coefficient (Wildman–Crippen LogP) is 4.18. The number of ketones is 2. The fourth-order valence-electron chi connectivity index (χ4n) is 8.63. The van der Waals surface area contributed by atoms with Crippen molar-refractivity contribution in [2.75, 3.05) is 13.2 Å². The lowest BCUT2D eigenvalue weighted by Crippen LogP contribution is -2.70. The van der Waals surface area contributed by atoms with E-state index >= 15 is 4.39 Å². The molecule has 1 N–H and O–H groups in total. The summed E-state index contributed by atoms with van der Waals surface area (Å²) in [5.74, 6) is -3.96. The van der Waals surface area contributed by atoms with Crippen molar-refractivity contribution in [3.05, 3.63) is 33.9 Å². The average molecular weight is 608 g/mol. The van der Waals surface area contributed by atoms with Gasteiger partial charge in [0.1, 0.15) is 0 Å². The summed E-state index contributed by atoms with van der Waals surface area (Å²) < 4.78 is 28.9. The first-order chi connectivity index (χ1) is 20.2. The maximum absolute atomic E-state index is 17.6. The molecule has 3 saturated carbocycles. The van der Waals surface area contributed by atoms with Gasteiger partial charge in [-0.3, -0.25) is 19.2 Å². The summed E-state index contributed by atoms with van der Waals surface area (Å²) in [7, 11) is 0. The largest absolute Gasteiger partial charge is 0.457 e. The van der Waals surface area contributed by atoms with Gasteiger partial charge in [0.2, 0.25) is 5.78 Å². The molecule has 0 aromatic heterocycles. The Hall–Kier alpha value is -3.15. The molecule has 0 aliphatic heterocycles. The van der Waals surface area contributed by atoms with Gasteiger partial charge in [-0.2, -0.15) is 0 Å². The number of hydrogen-bond donors (Lipinski definition) is 1. The lowest BCUT2D eigenvalue weighted by molar-refractivity contribution is -0.757. The number of nitrogens with zero attached hydrogens (tertiary/aromatic N) is 1. The van der Waals surface area contributed by atoms with Crippen LogP contribution in [0.3, 0.4) is 0 Å². The third-order valence-electron chi connectivity index (χ3n) is 10.7. The van der Waals surface area contributed by atoms with E-state index in [0.717, 1.165) is 6.42 Å². The SMILES string of the molecule is CCCCC(=O)O[C@]1(C(=O)COC(=O)CCCO[N+](=O)[O-])[C@@H](C)C[C@H]2C3CCC4=CC(=O)C=C[C@]4(C)[C@@]3(F)[C@@H](O)C[C@@]21C. The van der Waals surface area contributed by atoms with Crippen LogP contribution in [-0.4, -0.2) is 64.3 Å². The standard InChI is InChI=1S/C31H42FNO10/c1-5-6-8-27(38)43-31(25(36)18-41-26(37)9-7-14-42-33(39)40)19(2)15-23-22-11-10-20-16-21(34)12-13-28(20,3)30(22,32)24(35)17-29(23,31)4/h12-13,16,19,22-24,35H,5-11,14-15,17-18H2,1-4H3/t19-,22?,23-,24-,28-,29-,30-,31-/m0/s1.